The van der Waals surface area contributed by atoms with E-state index < -0.39 is 11.8 Å². The topological polar surface area (TPSA) is 129 Å². The molecule has 1 atom stereocenters. The van der Waals surface area contributed by atoms with Crippen molar-refractivity contribution in [2.45, 2.75) is 58.4 Å². The number of Topliss-reactive ketones (excluding diaryl/α,β-unsaturated/α-hetero) is 1. The molecule has 9 nitrogen and oxygen atoms in total. The summed E-state index contributed by atoms with van der Waals surface area (Å²) < 4.78 is 15.8. The van der Waals surface area contributed by atoms with Gasteiger partial charge in [-0.1, -0.05) is 11.3 Å². The van der Waals surface area contributed by atoms with E-state index in [0.29, 0.717) is 21.8 Å². The van der Waals surface area contributed by atoms with Crippen molar-refractivity contribution >= 4 is 28.3 Å². The van der Waals surface area contributed by atoms with Gasteiger partial charge in [0.05, 0.1) is 39.8 Å². The van der Waals surface area contributed by atoms with Gasteiger partial charge in [0.25, 0.3) is 0 Å². The lowest BCUT2D eigenvalue weighted by atomic mass is 9.98. The lowest BCUT2D eigenvalue weighted by Crippen LogP contribution is -2.32. The Morgan fingerprint density at radius 1 is 1.28 bits per heavy atom. The quantitative estimate of drug-likeness (QED) is 0.313. The summed E-state index contributed by atoms with van der Waals surface area (Å²) in [6, 6.07) is 9.59. The number of nitriles is 1. The Balaban J connectivity index is 1.63. The number of ketones is 1. The number of nitrogens with zero attached hydrogens (tertiary/aromatic N) is 6. The Bertz CT molecular complexity index is 1450. The van der Waals surface area contributed by atoms with Crippen LogP contribution in [0.4, 0.5) is 10.1 Å². The molecule has 1 unspecified atom stereocenters. The van der Waals surface area contributed by atoms with Crippen molar-refractivity contribution < 1.29 is 14.3 Å². The summed E-state index contributed by atoms with van der Waals surface area (Å²) in [7, 11) is 0. The SMILES string of the molecule is CC(C)Nc1cc(-c2ccc3cc(C#N)cnn23)ncc1-c1nnc(C(=O)CCC(F)C(C)(C)O)s1. The molecule has 4 rings (SSSR count). The standard InChI is InChI=1S/C25H26FN7O2S/c1-14(2)30-18-10-19(20-6-5-16-9-15(11-27)12-29-33(16)20)28-13-17(18)23-31-32-24(36-23)21(34)7-8-22(26)25(3,4)35/h5-6,9-10,12-14,22,35H,7-8H2,1-4H3,(H,28,30). The van der Waals surface area contributed by atoms with E-state index >= 15 is 0 Å². The van der Waals surface area contributed by atoms with Crippen LogP contribution in [0.3, 0.4) is 0 Å². The van der Waals surface area contributed by atoms with Crippen LogP contribution in [-0.4, -0.2) is 53.5 Å². The monoisotopic (exact) mass is 507 g/mol. The van der Waals surface area contributed by atoms with Crippen LogP contribution in [-0.2, 0) is 0 Å². The molecule has 36 heavy (non-hydrogen) atoms. The predicted octanol–water partition coefficient (Wildman–Crippen LogP) is 4.68. The number of aliphatic hydroxyl groups is 1. The Morgan fingerprint density at radius 2 is 2.06 bits per heavy atom. The van der Waals surface area contributed by atoms with Gasteiger partial charge in [0.2, 0.25) is 0 Å². The smallest absolute Gasteiger partial charge is 0.193 e. The fourth-order valence-corrected chi connectivity index (χ4v) is 4.45. The van der Waals surface area contributed by atoms with Gasteiger partial charge in [0.1, 0.15) is 12.2 Å². The number of aromatic nitrogens is 5. The molecule has 4 aromatic heterocycles. The molecule has 0 aliphatic carbocycles. The molecular weight excluding hydrogens is 481 g/mol. The summed E-state index contributed by atoms with van der Waals surface area (Å²) in [6.45, 7) is 6.77. The number of pyridine rings is 1. The molecule has 186 valence electrons. The number of carbonyl (C=O) groups excluding carboxylic acids is 1. The maximum absolute atomic E-state index is 14.0. The molecule has 0 bridgehead atoms. The van der Waals surface area contributed by atoms with Crippen molar-refractivity contribution in [1.82, 2.24) is 24.8 Å². The van der Waals surface area contributed by atoms with Crippen molar-refractivity contribution in [3.05, 3.63) is 47.2 Å². The van der Waals surface area contributed by atoms with Crippen molar-refractivity contribution in [1.29, 1.82) is 5.26 Å². The average molecular weight is 508 g/mol. The van der Waals surface area contributed by atoms with E-state index in [1.54, 1.807) is 16.8 Å². The number of nitrogens with one attached hydrogen (secondary N) is 1. The minimum Gasteiger partial charge on any atom is -0.387 e. The molecule has 0 fully saturated rings. The Morgan fingerprint density at radius 3 is 2.75 bits per heavy atom. The normalized spacial score (nSPS) is 12.6. The van der Waals surface area contributed by atoms with Crippen molar-refractivity contribution in [2.24, 2.45) is 0 Å². The minimum atomic E-state index is -1.52. The van der Waals surface area contributed by atoms with Crippen molar-refractivity contribution in [3.8, 4) is 28.0 Å². The highest BCUT2D eigenvalue weighted by atomic mass is 32.1. The zero-order chi connectivity index (χ0) is 26.0. The fraction of sp³-hybridized carbons (Fsp3) is 0.360. The Labute approximate surface area is 211 Å². The van der Waals surface area contributed by atoms with Crippen LogP contribution < -0.4 is 5.32 Å². The molecule has 0 aliphatic heterocycles. The molecule has 4 heterocycles. The Kier molecular flexibility index (Phi) is 7.10. The van der Waals surface area contributed by atoms with Gasteiger partial charge in [-0.25, -0.2) is 8.91 Å². The van der Waals surface area contributed by atoms with Gasteiger partial charge in [-0.15, -0.1) is 10.2 Å². The van der Waals surface area contributed by atoms with Crippen LogP contribution in [0, 0.1) is 11.3 Å². The lowest BCUT2D eigenvalue weighted by Gasteiger charge is -2.21. The first-order valence-corrected chi connectivity index (χ1v) is 12.3. The van der Waals surface area contributed by atoms with Crippen LogP contribution in [0.1, 0.15) is 55.9 Å². The number of rotatable bonds is 9. The number of hydrogen-bond donors (Lipinski definition) is 2. The van der Waals surface area contributed by atoms with Crippen LogP contribution in [0.2, 0.25) is 0 Å². The van der Waals surface area contributed by atoms with Crippen molar-refractivity contribution in [3.63, 3.8) is 0 Å². The van der Waals surface area contributed by atoms with Gasteiger partial charge in [0.15, 0.2) is 15.8 Å². The van der Waals surface area contributed by atoms with Gasteiger partial charge < -0.3 is 10.4 Å². The fourth-order valence-electron chi connectivity index (χ4n) is 3.61. The van der Waals surface area contributed by atoms with Gasteiger partial charge >= 0.3 is 0 Å². The van der Waals surface area contributed by atoms with Crippen molar-refractivity contribution in [2.75, 3.05) is 5.32 Å². The minimum absolute atomic E-state index is 0.0735. The highest BCUT2D eigenvalue weighted by molar-refractivity contribution is 7.16. The van der Waals surface area contributed by atoms with Crippen LogP contribution in [0.5, 0.6) is 0 Å². The summed E-state index contributed by atoms with van der Waals surface area (Å²) in [6.07, 6.45) is 1.49. The molecule has 0 saturated carbocycles. The molecule has 0 aliphatic rings. The lowest BCUT2D eigenvalue weighted by molar-refractivity contribution is -0.00673. The summed E-state index contributed by atoms with van der Waals surface area (Å²) in [5.74, 6) is -0.323. The molecule has 0 radical (unpaired) electrons. The summed E-state index contributed by atoms with van der Waals surface area (Å²) in [4.78, 5) is 17.2. The maximum Gasteiger partial charge on any atom is 0.193 e. The Hall–Kier alpha value is -3.75. The highest BCUT2D eigenvalue weighted by Gasteiger charge is 2.28. The average Bonchev–Trinajstić information content (AvgIpc) is 3.48. The second-order valence-electron chi connectivity index (χ2n) is 9.32. The van der Waals surface area contributed by atoms with Crippen LogP contribution in [0.25, 0.3) is 27.5 Å². The van der Waals surface area contributed by atoms with Gasteiger partial charge in [-0.3, -0.25) is 9.78 Å². The molecular formula is C25H26FN7O2S. The van der Waals surface area contributed by atoms with E-state index in [0.717, 1.165) is 28.2 Å². The van der Waals surface area contributed by atoms with E-state index in [9.17, 15) is 14.3 Å². The zero-order valence-corrected chi connectivity index (χ0v) is 21.2. The van der Waals surface area contributed by atoms with Gasteiger partial charge in [-0.2, -0.15) is 10.4 Å². The number of alkyl halides is 1. The van der Waals surface area contributed by atoms with Crippen LogP contribution in [0.15, 0.2) is 36.7 Å². The first-order valence-electron chi connectivity index (χ1n) is 11.4. The number of carbonyl (C=O) groups is 1. The first kappa shape index (κ1) is 25.3. The third-order valence-corrected chi connectivity index (χ3v) is 6.52. The number of fused-ring (bicyclic) bond motifs is 1. The summed E-state index contributed by atoms with van der Waals surface area (Å²) in [5.41, 5.74) is 2.62. The molecule has 0 spiro atoms. The van der Waals surface area contributed by atoms with E-state index in [2.05, 4.69) is 31.7 Å². The summed E-state index contributed by atoms with van der Waals surface area (Å²) in [5, 5.41) is 35.5. The summed E-state index contributed by atoms with van der Waals surface area (Å²) >= 11 is 1.12. The van der Waals surface area contributed by atoms with E-state index in [1.807, 2.05) is 32.0 Å². The molecule has 0 saturated heterocycles. The van der Waals surface area contributed by atoms with E-state index in [-0.39, 0.29) is 29.7 Å². The third kappa shape index (κ3) is 5.40. The maximum atomic E-state index is 14.0. The van der Waals surface area contributed by atoms with Gasteiger partial charge in [0, 0.05) is 24.3 Å². The number of hydrogen-bond acceptors (Lipinski definition) is 9. The molecule has 2 N–H and O–H groups in total. The predicted molar refractivity (Wildman–Crippen MR) is 136 cm³/mol. The number of halogens is 1. The van der Waals surface area contributed by atoms with Gasteiger partial charge in [-0.05, 0) is 58.4 Å². The molecule has 4 aromatic rings. The highest BCUT2D eigenvalue weighted by Crippen LogP contribution is 2.34. The molecule has 0 aromatic carbocycles. The second-order valence-corrected chi connectivity index (χ2v) is 10.3. The first-order chi connectivity index (χ1) is 17.1. The zero-order valence-electron chi connectivity index (χ0n) is 20.4. The second kappa shape index (κ2) is 10.1. The van der Waals surface area contributed by atoms with E-state index in [1.165, 1.54) is 20.0 Å². The molecule has 11 heteroatoms. The number of anilines is 1. The van der Waals surface area contributed by atoms with E-state index in [4.69, 9.17) is 5.26 Å². The molecule has 0 amide bonds. The largest absolute Gasteiger partial charge is 0.387 e. The van der Waals surface area contributed by atoms with Crippen LogP contribution >= 0.6 is 11.3 Å². The third-order valence-electron chi connectivity index (χ3n) is 5.53.